The number of esters is 4. The third kappa shape index (κ3) is 70.0. The lowest BCUT2D eigenvalue weighted by Crippen LogP contribution is -2.30. The maximum absolute atomic E-state index is 13.1. The molecule has 0 saturated carbocycles. The second kappa shape index (κ2) is 68.3. The zero-order valence-corrected chi connectivity index (χ0v) is 63.9. The Morgan fingerprint density at radius 3 is 0.854 bits per heavy atom. The number of phosphoric ester groups is 2. The van der Waals surface area contributed by atoms with E-state index in [1.165, 1.54) is 167 Å². The van der Waals surface area contributed by atoms with E-state index in [-0.39, 0.29) is 25.7 Å². The Balaban J connectivity index is 5.27. The van der Waals surface area contributed by atoms with Crippen LogP contribution in [0.15, 0.2) is 24.3 Å². The van der Waals surface area contributed by atoms with E-state index in [9.17, 15) is 43.2 Å². The average molecular weight is 1410 g/mol. The van der Waals surface area contributed by atoms with E-state index in [0.29, 0.717) is 31.6 Å². The fraction of sp³-hybridized carbons (Fsp3) is 0.896. The minimum atomic E-state index is -4.97. The molecule has 0 fully saturated rings. The first kappa shape index (κ1) is 93.5. The van der Waals surface area contributed by atoms with Crippen LogP contribution in [0.5, 0.6) is 0 Å². The quantitative estimate of drug-likeness (QED) is 0.0169. The molecule has 0 bridgehead atoms. The van der Waals surface area contributed by atoms with Gasteiger partial charge in [-0.25, -0.2) is 9.13 Å². The van der Waals surface area contributed by atoms with Crippen molar-refractivity contribution in [2.45, 2.75) is 394 Å². The van der Waals surface area contributed by atoms with Crippen molar-refractivity contribution in [2.24, 2.45) is 11.8 Å². The molecule has 0 spiro atoms. The van der Waals surface area contributed by atoms with Gasteiger partial charge in [-0.1, -0.05) is 323 Å². The van der Waals surface area contributed by atoms with E-state index < -0.39 is 97.5 Å². The molecular formula is C77H146O17P2. The highest BCUT2D eigenvalue weighted by molar-refractivity contribution is 7.47. The van der Waals surface area contributed by atoms with E-state index in [0.717, 1.165) is 121 Å². The first-order chi connectivity index (χ1) is 46.4. The predicted molar refractivity (Wildman–Crippen MR) is 391 cm³/mol. The summed E-state index contributed by atoms with van der Waals surface area (Å²) in [5, 5.41) is 10.6. The number of allylic oxidation sites excluding steroid dienone is 4. The Kier molecular flexibility index (Phi) is 66.6. The Labute approximate surface area is 586 Å². The number of aliphatic hydroxyl groups is 1. The zero-order chi connectivity index (χ0) is 70.7. The van der Waals surface area contributed by atoms with Crippen molar-refractivity contribution >= 4 is 39.5 Å². The molecule has 0 aliphatic heterocycles. The average Bonchev–Trinajstić information content (AvgIpc) is 1.82. The first-order valence-corrected chi connectivity index (χ1v) is 42.3. The van der Waals surface area contributed by atoms with Gasteiger partial charge in [0.15, 0.2) is 12.2 Å². The van der Waals surface area contributed by atoms with Crippen molar-refractivity contribution in [3.8, 4) is 0 Å². The van der Waals surface area contributed by atoms with Gasteiger partial charge < -0.3 is 33.8 Å². The number of carbonyl (C=O) groups is 4. The van der Waals surface area contributed by atoms with Crippen LogP contribution < -0.4 is 0 Å². The third-order valence-electron chi connectivity index (χ3n) is 17.3. The fourth-order valence-corrected chi connectivity index (χ4v) is 12.9. The van der Waals surface area contributed by atoms with Crippen LogP contribution in [0.2, 0.25) is 0 Å². The maximum atomic E-state index is 13.1. The first-order valence-electron chi connectivity index (χ1n) is 39.3. The maximum Gasteiger partial charge on any atom is 0.472 e. The standard InChI is InChI=1S/C77H146O17P2/c1-7-9-11-13-15-17-19-21-24-29-32-36-40-47-53-59-74(79)87-65-72(93-76(81)62-56-50-42-38-34-30-26-23-25-27-31-35-39-45-51-57-69(3)4)67-91-95(83,84)89-63-71(78)64-90-96(85,86)92-68-73(66-88-75(80)60-54-48-44-43-46-52-58-70(5)6)94-77(82)61-55-49-41-37-33-28-22-20-18-16-14-12-10-8-2/h17,19,21,24,69-73,78H,7-16,18,20,22-23,25-68H2,1-6H3,(H,83,84)(H,85,86)/b19-17-,24-21-/t71-,72-,73-/m1/s1. The topological polar surface area (TPSA) is 237 Å². The van der Waals surface area contributed by atoms with E-state index in [1.54, 1.807) is 0 Å². The SMILES string of the molecule is CCCCCC/C=C\C=C/CCCCCCCC(=O)OC[C@H](COP(=O)(O)OC[C@@H](O)COP(=O)(O)OC[C@@H](COC(=O)CCCCCCCCC(C)C)OC(=O)CCCCCCCCCCCCCCCC)OC(=O)CCCCCCCCCCCCCCCCCC(C)C. The largest absolute Gasteiger partial charge is 0.472 e. The summed E-state index contributed by atoms with van der Waals surface area (Å²) in [6.07, 6.45) is 59.2. The molecule has 17 nitrogen and oxygen atoms in total. The van der Waals surface area contributed by atoms with Crippen LogP contribution in [0, 0.1) is 11.8 Å². The minimum Gasteiger partial charge on any atom is -0.462 e. The van der Waals surface area contributed by atoms with Gasteiger partial charge in [0.1, 0.15) is 19.3 Å². The van der Waals surface area contributed by atoms with Gasteiger partial charge in [-0.15, -0.1) is 0 Å². The molecule has 0 radical (unpaired) electrons. The van der Waals surface area contributed by atoms with Crippen LogP contribution in [0.1, 0.15) is 375 Å². The molecule has 0 aromatic carbocycles. The Hall–Kier alpha value is -2.46. The summed E-state index contributed by atoms with van der Waals surface area (Å²) in [7, 11) is -9.92. The molecule has 5 atom stereocenters. The number of phosphoric acid groups is 2. The normalized spacial score (nSPS) is 14.2. The van der Waals surface area contributed by atoms with Crippen molar-refractivity contribution in [3.63, 3.8) is 0 Å². The Bertz CT molecular complexity index is 1950. The highest BCUT2D eigenvalue weighted by Crippen LogP contribution is 2.45. The second-order valence-corrected chi connectivity index (χ2v) is 30.9. The Morgan fingerprint density at radius 2 is 0.562 bits per heavy atom. The van der Waals surface area contributed by atoms with Gasteiger partial charge in [0.2, 0.25) is 0 Å². The third-order valence-corrected chi connectivity index (χ3v) is 19.2. The highest BCUT2D eigenvalue weighted by Gasteiger charge is 2.30. The van der Waals surface area contributed by atoms with Gasteiger partial charge in [-0.3, -0.25) is 37.3 Å². The summed E-state index contributed by atoms with van der Waals surface area (Å²) in [5.74, 6) is -0.667. The van der Waals surface area contributed by atoms with E-state index in [2.05, 4.69) is 65.8 Å². The van der Waals surface area contributed by atoms with Crippen LogP contribution in [0.3, 0.4) is 0 Å². The minimum absolute atomic E-state index is 0.101. The lowest BCUT2D eigenvalue weighted by Gasteiger charge is -2.21. The fourth-order valence-electron chi connectivity index (χ4n) is 11.3. The van der Waals surface area contributed by atoms with Crippen LogP contribution in [0.4, 0.5) is 0 Å². The van der Waals surface area contributed by atoms with E-state index in [1.807, 2.05) is 0 Å². The monoisotopic (exact) mass is 1410 g/mol. The van der Waals surface area contributed by atoms with Crippen molar-refractivity contribution in [3.05, 3.63) is 24.3 Å². The molecule has 3 N–H and O–H groups in total. The molecule has 0 aromatic rings. The lowest BCUT2D eigenvalue weighted by molar-refractivity contribution is -0.161. The number of hydrogen-bond acceptors (Lipinski definition) is 15. The molecule has 0 aliphatic carbocycles. The number of aliphatic hydroxyl groups excluding tert-OH is 1. The summed E-state index contributed by atoms with van der Waals surface area (Å²) < 4.78 is 68.5. The van der Waals surface area contributed by atoms with Crippen molar-refractivity contribution < 1.29 is 80.2 Å². The van der Waals surface area contributed by atoms with Gasteiger partial charge >= 0.3 is 39.5 Å². The number of ether oxygens (including phenoxy) is 4. The molecule has 0 saturated heterocycles. The molecule has 0 rings (SSSR count). The molecule has 0 aliphatic rings. The summed E-state index contributed by atoms with van der Waals surface area (Å²) in [6.45, 7) is 9.48. The molecule has 0 amide bonds. The van der Waals surface area contributed by atoms with Crippen molar-refractivity contribution in [1.29, 1.82) is 0 Å². The van der Waals surface area contributed by atoms with Gasteiger partial charge in [-0.05, 0) is 63.2 Å². The molecule has 0 aromatic heterocycles. The summed E-state index contributed by atoms with van der Waals surface area (Å²) in [6, 6.07) is 0. The van der Waals surface area contributed by atoms with Crippen molar-refractivity contribution in [2.75, 3.05) is 39.6 Å². The number of rotatable bonds is 74. The van der Waals surface area contributed by atoms with Crippen LogP contribution in [0.25, 0.3) is 0 Å². The van der Waals surface area contributed by atoms with Gasteiger partial charge in [0, 0.05) is 25.7 Å². The van der Waals surface area contributed by atoms with Gasteiger partial charge in [-0.2, -0.15) is 0 Å². The predicted octanol–water partition coefficient (Wildman–Crippen LogP) is 22.3. The zero-order valence-electron chi connectivity index (χ0n) is 62.2. The molecule has 19 heteroatoms. The number of unbranched alkanes of at least 4 members (excludes halogenated alkanes) is 41. The van der Waals surface area contributed by atoms with Crippen LogP contribution >= 0.6 is 15.6 Å². The van der Waals surface area contributed by atoms with Gasteiger partial charge in [0.25, 0.3) is 0 Å². The summed E-state index contributed by atoms with van der Waals surface area (Å²) >= 11 is 0. The van der Waals surface area contributed by atoms with Crippen LogP contribution in [-0.4, -0.2) is 96.7 Å². The molecule has 96 heavy (non-hydrogen) atoms. The molecule has 0 heterocycles. The van der Waals surface area contributed by atoms with E-state index >= 15 is 0 Å². The van der Waals surface area contributed by atoms with Gasteiger partial charge in [0.05, 0.1) is 26.4 Å². The highest BCUT2D eigenvalue weighted by atomic mass is 31.2. The number of hydrogen-bond donors (Lipinski definition) is 3. The van der Waals surface area contributed by atoms with Crippen molar-refractivity contribution in [1.82, 2.24) is 0 Å². The molecule has 2 unspecified atom stereocenters. The Morgan fingerprint density at radius 1 is 0.323 bits per heavy atom. The lowest BCUT2D eigenvalue weighted by atomic mass is 10.0. The van der Waals surface area contributed by atoms with E-state index in [4.69, 9.17) is 37.0 Å². The summed E-state index contributed by atoms with van der Waals surface area (Å²) in [4.78, 5) is 72.8. The smallest absolute Gasteiger partial charge is 0.462 e. The second-order valence-electron chi connectivity index (χ2n) is 28.0. The van der Waals surface area contributed by atoms with Crippen LogP contribution in [-0.2, 0) is 65.4 Å². The molecule has 566 valence electrons. The summed E-state index contributed by atoms with van der Waals surface area (Å²) in [5.41, 5.74) is 0. The molecular weight excluding hydrogens is 1260 g/mol. The number of carbonyl (C=O) groups excluding carboxylic acids is 4.